The van der Waals surface area contributed by atoms with Gasteiger partial charge in [0.15, 0.2) is 6.10 Å². The van der Waals surface area contributed by atoms with Crippen LogP contribution in [-0.4, -0.2) is 43.6 Å². The number of nitrogens with one attached hydrogen (secondary N) is 1. The summed E-state index contributed by atoms with van der Waals surface area (Å²) < 4.78 is 5.79. The molecule has 130 valence electrons. The van der Waals surface area contributed by atoms with Gasteiger partial charge in [0.25, 0.3) is 5.91 Å². The van der Waals surface area contributed by atoms with Gasteiger partial charge in [0, 0.05) is 18.1 Å². The summed E-state index contributed by atoms with van der Waals surface area (Å²) in [6.07, 6.45) is 1.76. The highest BCUT2D eigenvalue weighted by molar-refractivity contribution is 6.31. The SMILES string of the molecule is CNCC1CCCN(C(=O)C(C)Oc2ccc(Cl)c(C)c2)C1.Cl. The van der Waals surface area contributed by atoms with Crippen molar-refractivity contribution in [2.45, 2.75) is 32.8 Å². The molecule has 1 amide bonds. The van der Waals surface area contributed by atoms with E-state index in [0.717, 1.165) is 31.6 Å². The molecule has 0 spiro atoms. The van der Waals surface area contributed by atoms with Crippen LogP contribution in [0, 0.1) is 12.8 Å². The molecule has 1 N–H and O–H groups in total. The molecule has 1 aromatic carbocycles. The molecule has 1 aliphatic rings. The summed E-state index contributed by atoms with van der Waals surface area (Å²) in [5.74, 6) is 1.28. The largest absolute Gasteiger partial charge is 0.481 e. The first-order valence-corrected chi connectivity index (χ1v) is 8.25. The van der Waals surface area contributed by atoms with Crippen molar-refractivity contribution in [3.8, 4) is 5.75 Å². The van der Waals surface area contributed by atoms with Crippen LogP contribution >= 0.6 is 24.0 Å². The maximum absolute atomic E-state index is 12.6. The number of amides is 1. The van der Waals surface area contributed by atoms with Gasteiger partial charge in [-0.15, -0.1) is 12.4 Å². The highest BCUT2D eigenvalue weighted by Gasteiger charge is 2.27. The van der Waals surface area contributed by atoms with Gasteiger partial charge in [-0.2, -0.15) is 0 Å². The zero-order valence-electron chi connectivity index (χ0n) is 14.0. The molecule has 0 radical (unpaired) electrons. The van der Waals surface area contributed by atoms with Crippen molar-refractivity contribution in [2.24, 2.45) is 5.92 Å². The summed E-state index contributed by atoms with van der Waals surface area (Å²) in [5, 5.41) is 3.90. The molecule has 2 unspecified atom stereocenters. The molecule has 1 aliphatic heterocycles. The normalized spacial score (nSPS) is 19.0. The predicted molar refractivity (Wildman–Crippen MR) is 96.8 cm³/mol. The van der Waals surface area contributed by atoms with Crippen molar-refractivity contribution in [1.29, 1.82) is 0 Å². The van der Waals surface area contributed by atoms with E-state index in [1.165, 1.54) is 6.42 Å². The highest BCUT2D eigenvalue weighted by Crippen LogP contribution is 2.23. The van der Waals surface area contributed by atoms with Gasteiger partial charge in [-0.25, -0.2) is 0 Å². The van der Waals surface area contributed by atoms with Crippen LogP contribution in [0.25, 0.3) is 0 Å². The molecule has 0 aliphatic carbocycles. The van der Waals surface area contributed by atoms with Crippen LogP contribution in [0.4, 0.5) is 0 Å². The minimum atomic E-state index is -0.478. The number of carbonyl (C=O) groups is 1. The Kier molecular flexibility index (Phi) is 8.17. The number of aryl methyl sites for hydroxylation is 1. The lowest BCUT2D eigenvalue weighted by molar-refractivity contribution is -0.139. The summed E-state index contributed by atoms with van der Waals surface area (Å²) in [5.41, 5.74) is 0.950. The molecule has 1 heterocycles. The third kappa shape index (κ3) is 5.55. The van der Waals surface area contributed by atoms with E-state index in [4.69, 9.17) is 16.3 Å². The molecule has 2 rings (SSSR count). The van der Waals surface area contributed by atoms with Gasteiger partial charge < -0.3 is 15.0 Å². The minimum absolute atomic E-state index is 0. The van der Waals surface area contributed by atoms with Crippen molar-refractivity contribution in [3.63, 3.8) is 0 Å². The number of benzene rings is 1. The monoisotopic (exact) mass is 360 g/mol. The van der Waals surface area contributed by atoms with Gasteiger partial charge in [0.2, 0.25) is 0 Å². The smallest absolute Gasteiger partial charge is 0.263 e. The average Bonchev–Trinajstić information content (AvgIpc) is 2.51. The number of halogens is 2. The summed E-state index contributed by atoms with van der Waals surface area (Å²) in [6, 6.07) is 5.47. The van der Waals surface area contributed by atoms with E-state index in [1.807, 2.05) is 31.9 Å². The van der Waals surface area contributed by atoms with Gasteiger partial charge in [-0.1, -0.05) is 11.6 Å². The van der Waals surface area contributed by atoms with Gasteiger partial charge in [0.1, 0.15) is 5.75 Å². The van der Waals surface area contributed by atoms with E-state index in [0.29, 0.717) is 16.7 Å². The fraction of sp³-hybridized carbons (Fsp3) is 0.588. The van der Waals surface area contributed by atoms with Crippen LogP contribution in [0.15, 0.2) is 18.2 Å². The first-order valence-electron chi connectivity index (χ1n) is 7.87. The van der Waals surface area contributed by atoms with E-state index in [1.54, 1.807) is 12.1 Å². The molecule has 0 bridgehead atoms. The zero-order chi connectivity index (χ0) is 16.1. The molecule has 1 fully saturated rings. The number of hydrogen-bond acceptors (Lipinski definition) is 3. The summed E-state index contributed by atoms with van der Waals surface area (Å²) in [4.78, 5) is 14.5. The van der Waals surface area contributed by atoms with Crippen LogP contribution < -0.4 is 10.1 Å². The minimum Gasteiger partial charge on any atom is -0.481 e. The second-order valence-electron chi connectivity index (χ2n) is 6.02. The van der Waals surface area contributed by atoms with Gasteiger partial charge >= 0.3 is 0 Å². The molecule has 1 saturated heterocycles. The average molecular weight is 361 g/mol. The number of nitrogens with zero attached hydrogens (tertiary/aromatic N) is 1. The second kappa shape index (κ2) is 9.36. The van der Waals surface area contributed by atoms with Gasteiger partial charge in [-0.05, 0) is 70.0 Å². The van der Waals surface area contributed by atoms with Crippen molar-refractivity contribution in [2.75, 3.05) is 26.7 Å². The fourth-order valence-electron chi connectivity index (χ4n) is 2.92. The second-order valence-corrected chi connectivity index (χ2v) is 6.43. The maximum atomic E-state index is 12.6. The van der Waals surface area contributed by atoms with E-state index in [-0.39, 0.29) is 18.3 Å². The summed E-state index contributed by atoms with van der Waals surface area (Å²) in [6.45, 7) is 6.33. The highest BCUT2D eigenvalue weighted by atomic mass is 35.5. The third-order valence-corrected chi connectivity index (χ3v) is 4.54. The number of rotatable bonds is 5. The lowest BCUT2D eigenvalue weighted by Gasteiger charge is -2.34. The number of ether oxygens (including phenoxy) is 1. The molecule has 2 atom stereocenters. The standard InChI is InChI=1S/C17H25ClN2O2.ClH/c1-12-9-15(6-7-16(12)18)22-13(2)17(21)20-8-4-5-14(11-20)10-19-3;/h6-7,9,13-14,19H,4-5,8,10-11H2,1-3H3;1H. The quantitative estimate of drug-likeness (QED) is 0.875. The van der Waals surface area contributed by atoms with Crippen molar-refractivity contribution >= 4 is 29.9 Å². The van der Waals surface area contributed by atoms with Crippen molar-refractivity contribution in [1.82, 2.24) is 10.2 Å². The van der Waals surface area contributed by atoms with Crippen LogP contribution in [0.3, 0.4) is 0 Å². The molecular weight excluding hydrogens is 335 g/mol. The van der Waals surface area contributed by atoms with Crippen molar-refractivity contribution in [3.05, 3.63) is 28.8 Å². The van der Waals surface area contributed by atoms with Gasteiger partial charge in [0.05, 0.1) is 0 Å². The van der Waals surface area contributed by atoms with E-state index < -0.39 is 6.10 Å². The molecular formula is C17H26Cl2N2O2. The summed E-state index contributed by atoms with van der Waals surface area (Å²) in [7, 11) is 1.95. The van der Waals surface area contributed by atoms with Gasteiger partial charge in [-0.3, -0.25) is 4.79 Å². The molecule has 6 heteroatoms. The lowest BCUT2D eigenvalue weighted by Crippen LogP contribution is -2.47. The van der Waals surface area contributed by atoms with Crippen molar-refractivity contribution < 1.29 is 9.53 Å². The molecule has 1 aromatic rings. The number of carbonyl (C=O) groups excluding carboxylic acids is 1. The Morgan fingerprint density at radius 1 is 1.52 bits per heavy atom. The number of likely N-dealkylation sites (tertiary alicyclic amines) is 1. The third-order valence-electron chi connectivity index (χ3n) is 4.11. The Hall–Kier alpha value is -0.970. The zero-order valence-corrected chi connectivity index (χ0v) is 15.5. The topological polar surface area (TPSA) is 41.6 Å². The lowest BCUT2D eigenvalue weighted by atomic mass is 9.97. The Morgan fingerprint density at radius 3 is 2.91 bits per heavy atom. The van der Waals surface area contributed by atoms with Crippen LogP contribution in [0.1, 0.15) is 25.3 Å². The fourth-order valence-corrected chi connectivity index (χ4v) is 3.04. The van der Waals surface area contributed by atoms with E-state index in [2.05, 4.69) is 5.32 Å². The Balaban J connectivity index is 0.00000264. The Morgan fingerprint density at radius 2 is 2.26 bits per heavy atom. The number of hydrogen-bond donors (Lipinski definition) is 1. The summed E-state index contributed by atoms with van der Waals surface area (Å²) >= 11 is 6.01. The molecule has 23 heavy (non-hydrogen) atoms. The van der Waals surface area contributed by atoms with Crippen LogP contribution in [-0.2, 0) is 4.79 Å². The van der Waals surface area contributed by atoms with E-state index >= 15 is 0 Å². The van der Waals surface area contributed by atoms with Crippen LogP contribution in [0.5, 0.6) is 5.75 Å². The molecule has 0 saturated carbocycles. The first kappa shape index (κ1) is 20.1. The molecule has 0 aromatic heterocycles. The Labute approximate surface area is 149 Å². The maximum Gasteiger partial charge on any atom is 0.263 e. The van der Waals surface area contributed by atoms with Crippen LogP contribution in [0.2, 0.25) is 5.02 Å². The number of piperidine rings is 1. The molecule has 4 nitrogen and oxygen atoms in total. The Bertz CT molecular complexity index is 523. The first-order chi connectivity index (χ1) is 10.5. The predicted octanol–water partition coefficient (Wildman–Crippen LogP) is 3.30. The van der Waals surface area contributed by atoms with E-state index in [9.17, 15) is 4.79 Å².